The summed E-state index contributed by atoms with van der Waals surface area (Å²) in [5, 5.41) is 0. The standard InChI is InChI=1S/C9H15/c1-2-3-4-7-8-5-6-9(7)8/h8-9H,2-6H2,1H3. The molecule has 2 rings (SSSR count). The fraction of sp³-hybridized carbons (Fsp3) is 0.889. The van der Waals surface area contributed by atoms with Gasteiger partial charge >= 0.3 is 0 Å². The van der Waals surface area contributed by atoms with Gasteiger partial charge in [-0.2, -0.15) is 0 Å². The molecule has 0 amide bonds. The van der Waals surface area contributed by atoms with E-state index in [1.54, 1.807) is 0 Å². The van der Waals surface area contributed by atoms with Crippen LogP contribution in [0.5, 0.6) is 0 Å². The fourth-order valence-electron chi connectivity index (χ4n) is 2.07. The maximum atomic E-state index is 2.28. The first-order valence-electron chi connectivity index (χ1n) is 4.29. The lowest BCUT2D eigenvalue weighted by Crippen LogP contribution is -1.93. The monoisotopic (exact) mass is 123 g/mol. The maximum absolute atomic E-state index is 2.28. The molecule has 0 nitrogen and oxygen atoms in total. The number of rotatable bonds is 3. The molecule has 2 atom stereocenters. The number of unbranched alkanes of at least 4 members (excludes halogenated alkanes) is 1. The van der Waals surface area contributed by atoms with E-state index in [0.29, 0.717) is 0 Å². The topological polar surface area (TPSA) is 0 Å². The lowest BCUT2D eigenvalue weighted by atomic mass is 10.0. The van der Waals surface area contributed by atoms with Gasteiger partial charge in [0.2, 0.25) is 0 Å². The van der Waals surface area contributed by atoms with Crippen LogP contribution < -0.4 is 0 Å². The average Bonchev–Trinajstić information content (AvgIpc) is 2.27. The summed E-state index contributed by atoms with van der Waals surface area (Å²) in [6, 6.07) is 0. The second-order valence-corrected chi connectivity index (χ2v) is 3.47. The molecule has 2 saturated carbocycles. The molecule has 0 saturated heterocycles. The van der Waals surface area contributed by atoms with Crippen LogP contribution in [0.3, 0.4) is 0 Å². The number of hydrogen-bond acceptors (Lipinski definition) is 0. The normalized spacial score (nSPS) is 39.7. The van der Waals surface area contributed by atoms with Crippen molar-refractivity contribution in [2.45, 2.75) is 39.0 Å². The van der Waals surface area contributed by atoms with Crippen LogP contribution in [0.2, 0.25) is 0 Å². The minimum absolute atomic E-state index is 1.14. The van der Waals surface area contributed by atoms with Crippen molar-refractivity contribution in [1.29, 1.82) is 0 Å². The maximum Gasteiger partial charge on any atom is -0.0173 e. The van der Waals surface area contributed by atoms with Crippen molar-refractivity contribution in [3.63, 3.8) is 0 Å². The van der Waals surface area contributed by atoms with E-state index in [1.165, 1.54) is 32.1 Å². The SMILES string of the molecule is CCCC[C]1C2CCC12. The van der Waals surface area contributed by atoms with Crippen LogP contribution in [0.15, 0.2) is 0 Å². The molecule has 0 heteroatoms. The van der Waals surface area contributed by atoms with Crippen molar-refractivity contribution in [2.24, 2.45) is 11.8 Å². The first kappa shape index (κ1) is 5.76. The summed E-state index contributed by atoms with van der Waals surface area (Å²) in [5.74, 6) is 4.20. The minimum Gasteiger partial charge on any atom is -0.0654 e. The highest BCUT2D eigenvalue weighted by molar-refractivity contribution is 5.26. The van der Waals surface area contributed by atoms with Crippen LogP contribution in [0.1, 0.15) is 39.0 Å². The molecule has 0 aromatic heterocycles. The van der Waals surface area contributed by atoms with Crippen LogP contribution in [0, 0.1) is 17.8 Å². The van der Waals surface area contributed by atoms with E-state index >= 15 is 0 Å². The minimum atomic E-state index is 1.14. The van der Waals surface area contributed by atoms with Crippen molar-refractivity contribution < 1.29 is 0 Å². The Labute approximate surface area is 57.6 Å². The molecule has 2 aliphatic carbocycles. The Morgan fingerprint density at radius 3 is 2.44 bits per heavy atom. The summed E-state index contributed by atoms with van der Waals surface area (Å²) in [5.41, 5.74) is 0. The summed E-state index contributed by atoms with van der Waals surface area (Å²) < 4.78 is 0. The molecule has 2 unspecified atom stereocenters. The van der Waals surface area contributed by atoms with Gasteiger partial charge in [-0.05, 0) is 37.0 Å². The first-order valence-corrected chi connectivity index (χ1v) is 4.29. The highest BCUT2D eigenvalue weighted by Crippen LogP contribution is 2.64. The lowest BCUT2D eigenvalue weighted by molar-refractivity contribution is 0.468. The van der Waals surface area contributed by atoms with Crippen LogP contribution in [0.25, 0.3) is 0 Å². The van der Waals surface area contributed by atoms with Gasteiger partial charge in [0.15, 0.2) is 0 Å². The summed E-state index contributed by atoms with van der Waals surface area (Å²) in [6.45, 7) is 2.28. The van der Waals surface area contributed by atoms with Crippen LogP contribution in [-0.2, 0) is 0 Å². The molecule has 2 fully saturated rings. The Morgan fingerprint density at radius 1 is 1.33 bits per heavy atom. The van der Waals surface area contributed by atoms with E-state index in [9.17, 15) is 0 Å². The van der Waals surface area contributed by atoms with Gasteiger partial charge in [0.25, 0.3) is 0 Å². The Hall–Kier alpha value is 0. The van der Waals surface area contributed by atoms with Crippen LogP contribution in [-0.4, -0.2) is 0 Å². The van der Waals surface area contributed by atoms with Gasteiger partial charge in [0.05, 0.1) is 0 Å². The van der Waals surface area contributed by atoms with Gasteiger partial charge in [0.1, 0.15) is 0 Å². The van der Waals surface area contributed by atoms with E-state index in [0.717, 1.165) is 11.8 Å². The zero-order valence-electron chi connectivity index (χ0n) is 6.19. The molecule has 0 N–H and O–H groups in total. The second-order valence-electron chi connectivity index (χ2n) is 3.47. The third kappa shape index (κ3) is 0.798. The van der Waals surface area contributed by atoms with Crippen molar-refractivity contribution in [1.82, 2.24) is 0 Å². The van der Waals surface area contributed by atoms with Gasteiger partial charge in [0, 0.05) is 0 Å². The van der Waals surface area contributed by atoms with E-state index in [2.05, 4.69) is 6.92 Å². The van der Waals surface area contributed by atoms with Crippen LogP contribution >= 0.6 is 0 Å². The molecule has 0 spiro atoms. The average molecular weight is 123 g/mol. The summed E-state index contributed by atoms with van der Waals surface area (Å²) in [4.78, 5) is 0. The lowest BCUT2D eigenvalue weighted by Gasteiger charge is -2.04. The van der Waals surface area contributed by atoms with Crippen molar-refractivity contribution in [3.8, 4) is 0 Å². The molecule has 9 heavy (non-hydrogen) atoms. The van der Waals surface area contributed by atoms with E-state index in [1.807, 2.05) is 5.92 Å². The predicted octanol–water partition coefficient (Wildman–Crippen LogP) is 2.79. The zero-order valence-corrected chi connectivity index (χ0v) is 6.19. The third-order valence-electron chi connectivity index (χ3n) is 2.94. The van der Waals surface area contributed by atoms with Gasteiger partial charge in [-0.15, -0.1) is 0 Å². The Kier molecular flexibility index (Phi) is 1.28. The molecule has 2 aliphatic rings. The van der Waals surface area contributed by atoms with Crippen molar-refractivity contribution in [2.75, 3.05) is 0 Å². The van der Waals surface area contributed by atoms with Gasteiger partial charge < -0.3 is 0 Å². The summed E-state index contributed by atoms with van der Waals surface area (Å²) >= 11 is 0. The first-order chi connectivity index (χ1) is 4.43. The highest BCUT2D eigenvalue weighted by Gasteiger charge is 2.55. The smallest absolute Gasteiger partial charge is 0.0173 e. The second kappa shape index (κ2) is 2.00. The van der Waals surface area contributed by atoms with Gasteiger partial charge in [-0.25, -0.2) is 0 Å². The molecule has 51 valence electrons. The molecule has 1 radical (unpaired) electrons. The molecule has 0 aromatic rings. The predicted molar refractivity (Wildman–Crippen MR) is 39.0 cm³/mol. The van der Waals surface area contributed by atoms with Gasteiger partial charge in [-0.3, -0.25) is 0 Å². The summed E-state index contributed by atoms with van der Waals surface area (Å²) in [6.07, 6.45) is 7.35. The molecular weight excluding hydrogens is 108 g/mol. The Balaban J connectivity index is 1.66. The molecular formula is C9H15. The summed E-state index contributed by atoms with van der Waals surface area (Å²) in [7, 11) is 0. The largest absolute Gasteiger partial charge is 0.0654 e. The van der Waals surface area contributed by atoms with Gasteiger partial charge in [-0.1, -0.05) is 19.8 Å². The van der Waals surface area contributed by atoms with E-state index < -0.39 is 0 Å². The van der Waals surface area contributed by atoms with Crippen molar-refractivity contribution in [3.05, 3.63) is 5.92 Å². The van der Waals surface area contributed by atoms with E-state index in [4.69, 9.17) is 0 Å². The Morgan fingerprint density at radius 2 is 2.00 bits per heavy atom. The van der Waals surface area contributed by atoms with Crippen molar-refractivity contribution >= 4 is 0 Å². The third-order valence-corrected chi connectivity index (χ3v) is 2.94. The molecule has 0 heterocycles. The van der Waals surface area contributed by atoms with Crippen LogP contribution in [0.4, 0.5) is 0 Å². The highest BCUT2D eigenvalue weighted by atomic mass is 14.6. The quantitative estimate of drug-likeness (QED) is 0.541. The number of fused-ring (bicyclic) bond motifs is 1. The zero-order chi connectivity index (χ0) is 6.27. The molecule has 0 aromatic carbocycles. The number of hydrogen-bond donors (Lipinski definition) is 0. The molecule has 0 aliphatic heterocycles. The Bertz CT molecular complexity index is 96.6. The molecule has 0 bridgehead atoms. The fourth-order valence-corrected chi connectivity index (χ4v) is 2.07. The van der Waals surface area contributed by atoms with E-state index in [-0.39, 0.29) is 0 Å².